The molecule has 0 radical (unpaired) electrons. The van der Waals surface area contributed by atoms with Crippen LogP contribution in [-0.4, -0.2) is 30.8 Å². The lowest BCUT2D eigenvalue weighted by molar-refractivity contribution is 0.230. The SMILES string of the molecule is CN(C)C(=O)Nc1ccc(SC(F)F)cc1. The van der Waals surface area contributed by atoms with E-state index in [2.05, 4.69) is 5.32 Å². The van der Waals surface area contributed by atoms with E-state index in [1.165, 1.54) is 4.90 Å². The number of carbonyl (C=O) groups is 1. The van der Waals surface area contributed by atoms with Gasteiger partial charge < -0.3 is 10.2 Å². The van der Waals surface area contributed by atoms with E-state index in [9.17, 15) is 13.6 Å². The summed E-state index contributed by atoms with van der Waals surface area (Å²) in [5, 5.41) is 2.61. The van der Waals surface area contributed by atoms with Crippen LogP contribution in [0.15, 0.2) is 29.2 Å². The molecule has 16 heavy (non-hydrogen) atoms. The summed E-state index contributed by atoms with van der Waals surface area (Å²) in [4.78, 5) is 13.1. The Bertz CT molecular complexity index is 354. The zero-order valence-corrected chi connectivity index (χ0v) is 9.72. The highest BCUT2D eigenvalue weighted by atomic mass is 32.2. The zero-order chi connectivity index (χ0) is 12.1. The summed E-state index contributed by atoms with van der Waals surface area (Å²) in [6.07, 6.45) is 0. The molecule has 1 N–H and O–H groups in total. The molecule has 1 aromatic carbocycles. The number of halogens is 2. The average molecular weight is 246 g/mol. The van der Waals surface area contributed by atoms with Gasteiger partial charge in [0.1, 0.15) is 0 Å². The Balaban J connectivity index is 2.61. The average Bonchev–Trinajstić information content (AvgIpc) is 2.20. The minimum absolute atomic E-state index is 0.255. The van der Waals surface area contributed by atoms with E-state index >= 15 is 0 Å². The molecular weight excluding hydrogens is 234 g/mol. The highest BCUT2D eigenvalue weighted by molar-refractivity contribution is 7.99. The Kier molecular flexibility index (Phi) is 4.54. The topological polar surface area (TPSA) is 32.3 Å². The van der Waals surface area contributed by atoms with Crippen LogP contribution in [0.25, 0.3) is 0 Å². The minimum atomic E-state index is -2.43. The fourth-order valence-electron chi connectivity index (χ4n) is 0.955. The van der Waals surface area contributed by atoms with E-state index in [0.717, 1.165) is 0 Å². The first-order valence-corrected chi connectivity index (χ1v) is 5.40. The monoisotopic (exact) mass is 246 g/mol. The summed E-state index contributed by atoms with van der Waals surface area (Å²) >= 11 is 0.476. The van der Waals surface area contributed by atoms with Crippen LogP contribution >= 0.6 is 11.8 Å². The summed E-state index contributed by atoms with van der Waals surface area (Å²) in [7, 11) is 3.24. The van der Waals surface area contributed by atoms with Gasteiger partial charge >= 0.3 is 6.03 Å². The van der Waals surface area contributed by atoms with Crippen LogP contribution < -0.4 is 5.32 Å². The van der Waals surface area contributed by atoms with Gasteiger partial charge in [-0.25, -0.2) is 4.79 Å². The molecular formula is C10H12F2N2OS. The third-order valence-corrected chi connectivity index (χ3v) is 2.46. The number of thioether (sulfide) groups is 1. The van der Waals surface area contributed by atoms with Crippen molar-refractivity contribution in [3.05, 3.63) is 24.3 Å². The summed E-state index contributed by atoms with van der Waals surface area (Å²) in [5.41, 5.74) is 0.581. The molecule has 6 heteroatoms. The Morgan fingerprint density at radius 3 is 2.31 bits per heavy atom. The fraction of sp³-hybridized carbons (Fsp3) is 0.300. The van der Waals surface area contributed by atoms with Crippen LogP contribution in [0.2, 0.25) is 0 Å². The molecule has 0 aromatic heterocycles. The number of carbonyl (C=O) groups excluding carboxylic acids is 1. The predicted molar refractivity (Wildman–Crippen MR) is 61.0 cm³/mol. The van der Waals surface area contributed by atoms with Crippen molar-refractivity contribution in [1.82, 2.24) is 4.90 Å². The molecule has 0 aliphatic heterocycles. The molecule has 0 unspecified atom stereocenters. The molecule has 0 spiro atoms. The molecule has 0 saturated carbocycles. The molecule has 0 aliphatic rings. The molecule has 0 saturated heterocycles. The smallest absolute Gasteiger partial charge is 0.321 e. The Hall–Kier alpha value is -1.30. The number of hydrogen-bond donors (Lipinski definition) is 1. The van der Waals surface area contributed by atoms with Crippen LogP contribution in [0, 0.1) is 0 Å². The number of alkyl halides is 2. The van der Waals surface area contributed by atoms with Gasteiger partial charge in [0.05, 0.1) is 0 Å². The van der Waals surface area contributed by atoms with Crippen molar-refractivity contribution in [2.75, 3.05) is 19.4 Å². The first-order chi connectivity index (χ1) is 7.49. The highest BCUT2D eigenvalue weighted by Gasteiger charge is 2.06. The van der Waals surface area contributed by atoms with Crippen molar-refractivity contribution in [3.8, 4) is 0 Å². The normalized spacial score (nSPS) is 10.3. The largest absolute Gasteiger partial charge is 0.331 e. The summed E-state index contributed by atoms with van der Waals surface area (Å²) in [5.74, 6) is -2.43. The number of amides is 2. The lowest BCUT2D eigenvalue weighted by Gasteiger charge is -2.12. The van der Waals surface area contributed by atoms with Gasteiger partial charge in [0.15, 0.2) is 0 Å². The van der Waals surface area contributed by atoms with Crippen molar-refractivity contribution in [3.63, 3.8) is 0 Å². The van der Waals surface area contributed by atoms with E-state index in [1.807, 2.05) is 0 Å². The van der Waals surface area contributed by atoms with Gasteiger partial charge in [-0.05, 0) is 24.3 Å². The second-order valence-electron chi connectivity index (χ2n) is 3.23. The number of urea groups is 1. The molecule has 1 aromatic rings. The van der Waals surface area contributed by atoms with Crippen molar-refractivity contribution in [1.29, 1.82) is 0 Å². The quantitative estimate of drug-likeness (QED) is 0.831. The van der Waals surface area contributed by atoms with E-state index < -0.39 is 5.76 Å². The molecule has 0 bridgehead atoms. The first kappa shape index (κ1) is 12.8. The van der Waals surface area contributed by atoms with E-state index in [-0.39, 0.29) is 6.03 Å². The third-order valence-electron chi connectivity index (χ3n) is 1.74. The Morgan fingerprint density at radius 2 is 1.88 bits per heavy atom. The number of rotatable bonds is 3. The second-order valence-corrected chi connectivity index (χ2v) is 4.29. The van der Waals surface area contributed by atoms with E-state index in [1.54, 1.807) is 38.4 Å². The Labute approximate surface area is 96.8 Å². The number of nitrogens with one attached hydrogen (secondary N) is 1. The Morgan fingerprint density at radius 1 is 1.31 bits per heavy atom. The van der Waals surface area contributed by atoms with Crippen molar-refractivity contribution < 1.29 is 13.6 Å². The van der Waals surface area contributed by atoms with Gasteiger partial charge in [0.25, 0.3) is 5.76 Å². The lowest BCUT2D eigenvalue weighted by atomic mass is 10.3. The van der Waals surface area contributed by atoms with Crippen LogP contribution in [0.5, 0.6) is 0 Å². The molecule has 0 aliphatic carbocycles. The van der Waals surface area contributed by atoms with Crippen LogP contribution in [-0.2, 0) is 0 Å². The van der Waals surface area contributed by atoms with Gasteiger partial charge in [-0.1, -0.05) is 11.8 Å². The summed E-state index contributed by atoms with van der Waals surface area (Å²) < 4.78 is 24.0. The third kappa shape index (κ3) is 4.06. The van der Waals surface area contributed by atoms with Crippen LogP contribution in [0.4, 0.5) is 19.3 Å². The fourth-order valence-corrected chi connectivity index (χ4v) is 1.45. The van der Waals surface area contributed by atoms with Gasteiger partial charge in [0.2, 0.25) is 0 Å². The van der Waals surface area contributed by atoms with Gasteiger partial charge in [-0.2, -0.15) is 8.78 Å². The van der Waals surface area contributed by atoms with Gasteiger partial charge in [-0.15, -0.1) is 0 Å². The summed E-state index contributed by atoms with van der Waals surface area (Å²) in [6, 6.07) is 6.01. The number of nitrogens with zero attached hydrogens (tertiary/aromatic N) is 1. The van der Waals surface area contributed by atoms with Crippen molar-refractivity contribution >= 4 is 23.5 Å². The predicted octanol–water partition coefficient (Wildman–Crippen LogP) is 3.09. The summed E-state index contributed by atoms with van der Waals surface area (Å²) in [6.45, 7) is 0. The molecule has 0 fully saturated rings. The molecule has 88 valence electrons. The van der Waals surface area contributed by atoms with Crippen molar-refractivity contribution in [2.45, 2.75) is 10.7 Å². The maximum absolute atomic E-state index is 12.0. The van der Waals surface area contributed by atoms with Crippen LogP contribution in [0.3, 0.4) is 0 Å². The highest BCUT2D eigenvalue weighted by Crippen LogP contribution is 2.26. The minimum Gasteiger partial charge on any atom is -0.331 e. The standard InChI is InChI=1S/C10H12F2N2OS/c1-14(2)10(15)13-7-3-5-8(6-4-7)16-9(11)12/h3-6,9H,1-2H3,(H,13,15). The zero-order valence-electron chi connectivity index (χ0n) is 8.91. The van der Waals surface area contributed by atoms with Crippen molar-refractivity contribution in [2.24, 2.45) is 0 Å². The second kappa shape index (κ2) is 5.69. The number of anilines is 1. The molecule has 0 atom stereocenters. The van der Waals surface area contributed by atoms with Gasteiger partial charge in [0, 0.05) is 24.7 Å². The maximum atomic E-state index is 12.0. The lowest BCUT2D eigenvalue weighted by Crippen LogP contribution is -2.27. The van der Waals surface area contributed by atoms with Crippen LogP contribution in [0.1, 0.15) is 0 Å². The van der Waals surface area contributed by atoms with E-state index in [4.69, 9.17) is 0 Å². The molecule has 3 nitrogen and oxygen atoms in total. The van der Waals surface area contributed by atoms with Gasteiger partial charge in [-0.3, -0.25) is 0 Å². The maximum Gasteiger partial charge on any atom is 0.321 e. The van der Waals surface area contributed by atoms with E-state index in [0.29, 0.717) is 22.3 Å². The molecule has 0 heterocycles. The molecule has 1 rings (SSSR count). The molecule has 2 amide bonds. The first-order valence-electron chi connectivity index (χ1n) is 4.52. The number of benzene rings is 1. The number of hydrogen-bond acceptors (Lipinski definition) is 2.